The molecule has 1 heterocycles. The summed E-state index contributed by atoms with van der Waals surface area (Å²) in [5.41, 5.74) is 13.4. The number of benzene rings is 1. The largest absolute Gasteiger partial charge is 0.501 e. The molecule has 0 saturated heterocycles. The SMILES string of the molecule is CCc1c(N)cc2c(c1CCN)OS(=O)(=O)O2. The molecule has 0 aliphatic carbocycles. The van der Waals surface area contributed by atoms with Crippen molar-refractivity contribution in [1.82, 2.24) is 0 Å². The van der Waals surface area contributed by atoms with Crippen LogP contribution in [0.2, 0.25) is 0 Å². The average molecular weight is 258 g/mol. The van der Waals surface area contributed by atoms with Crippen LogP contribution >= 0.6 is 0 Å². The molecule has 6 nitrogen and oxygen atoms in total. The quantitative estimate of drug-likeness (QED) is 0.758. The van der Waals surface area contributed by atoms with Gasteiger partial charge in [-0.1, -0.05) is 6.92 Å². The highest BCUT2D eigenvalue weighted by Crippen LogP contribution is 2.43. The van der Waals surface area contributed by atoms with Crippen molar-refractivity contribution in [3.8, 4) is 11.5 Å². The molecule has 94 valence electrons. The summed E-state index contributed by atoms with van der Waals surface area (Å²) in [7, 11) is -3.98. The Kier molecular flexibility index (Phi) is 2.88. The van der Waals surface area contributed by atoms with Gasteiger partial charge in [0.05, 0.1) is 0 Å². The number of fused-ring (bicyclic) bond motifs is 1. The van der Waals surface area contributed by atoms with Gasteiger partial charge in [0.15, 0.2) is 11.5 Å². The van der Waals surface area contributed by atoms with Crippen molar-refractivity contribution in [1.29, 1.82) is 0 Å². The Bertz CT molecular complexity index is 554. The summed E-state index contributed by atoms with van der Waals surface area (Å²) in [4.78, 5) is 0. The van der Waals surface area contributed by atoms with Gasteiger partial charge in [-0.3, -0.25) is 0 Å². The fourth-order valence-corrected chi connectivity index (χ4v) is 2.73. The second kappa shape index (κ2) is 4.08. The molecule has 7 heteroatoms. The third-order valence-corrected chi connectivity index (χ3v) is 3.38. The number of hydrogen-bond acceptors (Lipinski definition) is 6. The number of nitrogen functional groups attached to an aromatic ring is 1. The van der Waals surface area contributed by atoms with Crippen LogP contribution in [0.3, 0.4) is 0 Å². The Morgan fingerprint density at radius 3 is 2.59 bits per heavy atom. The molecule has 4 N–H and O–H groups in total. The highest BCUT2D eigenvalue weighted by molar-refractivity contribution is 7.82. The molecular weight excluding hydrogens is 244 g/mol. The first-order chi connectivity index (χ1) is 7.98. The molecule has 0 unspecified atom stereocenters. The zero-order chi connectivity index (χ0) is 12.6. The minimum absolute atomic E-state index is 0.142. The van der Waals surface area contributed by atoms with Crippen LogP contribution in [0.15, 0.2) is 6.07 Å². The summed E-state index contributed by atoms with van der Waals surface area (Å²) in [6, 6.07) is 1.47. The topological polar surface area (TPSA) is 105 Å². The molecule has 1 aromatic rings. The molecule has 0 bridgehead atoms. The Hall–Kier alpha value is -1.47. The Balaban J connectivity index is 2.63. The van der Waals surface area contributed by atoms with E-state index in [1.807, 2.05) is 6.92 Å². The molecule has 0 saturated carbocycles. The lowest BCUT2D eigenvalue weighted by Crippen LogP contribution is -2.10. The predicted molar refractivity (Wildman–Crippen MR) is 63.2 cm³/mol. The van der Waals surface area contributed by atoms with Gasteiger partial charge in [0, 0.05) is 17.3 Å². The first kappa shape index (κ1) is 12.0. The van der Waals surface area contributed by atoms with E-state index in [1.54, 1.807) is 0 Å². The van der Waals surface area contributed by atoms with Crippen molar-refractivity contribution in [3.63, 3.8) is 0 Å². The predicted octanol–water partition coefficient (Wildman–Crippen LogP) is 0.348. The van der Waals surface area contributed by atoms with E-state index in [9.17, 15) is 8.42 Å². The standard InChI is InChI=1S/C10H14N2O4S/c1-2-6-7(3-4-11)10-9(5-8(6)12)15-17(13,14)16-10/h5H,2-4,11-12H2,1H3. The van der Waals surface area contributed by atoms with E-state index in [-0.39, 0.29) is 11.5 Å². The first-order valence-electron chi connectivity index (χ1n) is 5.26. The van der Waals surface area contributed by atoms with Crippen LogP contribution in [0.4, 0.5) is 5.69 Å². The van der Waals surface area contributed by atoms with Crippen molar-refractivity contribution >= 4 is 16.1 Å². The molecular formula is C10H14N2O4S. The van der Waals surface area contributed by atoms with Crippen molar-refractivity contribution in [2.24, 2.45) is 5.73 Å². The molecule has 1 aromatic carbocycles. The van der Waals surface area contributed by atoms with Crippen LogP contribution < -0.4 is 19.8 Å². The monoisotopic (exact) mass is 258 g/mol. The van der Waals surface area contributed by atoms with Crippen molar-refractivity contribution in [3.05, 3.63) is 17.2 Å². The van der Waals surface area contributed by atoms with Crippen LogP contribution in [0.25, 0.3) is 0 Å². The van der Waals surface area contributed by atoms with Gasteiger partial charge < -0.3 is 19.8 Å². The smallest absolute Gasteiger partial charge is 0.398 e. The van der Waals surface area contributed by atoms with Gasteiger partial charge in [-0.25, -0.2) is 0 Å². The van der Waals surface area contributed by atoms with Gasteiger partial charge in [-0.2, -0.15) is 0 Å². The lowest BCUT2D eigenvalue weighted by atomic mass is 9.99. The van der Waals surface area contributed by atoms with Crippen molar-refractivity contribution in [2.75, 3.05) is 12.3 Å². The van der Waals surface area contributed by atoms with Crippen LogP contribution in [0, 0.1) is 0 Å². The van der Waals surface area contributed by atoms with Gasteiger partial charge in [0.2, 0.25) is 0 Å². The molecule has 0 aromatic heterocycles. The highest BCUT2D eigenvalue weighted by Gasteiger charge is 2.32. The molecule has 0 atom stereocenters. The van der Waals surface area contributed by atoms with Crippen LogP contribution in [-0.4, -0.2) is 15.0 Å². The van der Waals surface area contributed by atoms with E-state index in [0.29, 0.717) is 30.6 Å². The lowest BCUT2D eigenvalue weighted by Gasteiger charge is -2.11. The third-order valence-electron chi connectivity index (χ3n) is 2.62. The Morgan fingerprint density at radius 2 is 2.00 bits per heavy atom. The van der Waals surface area contributed by atoms with E-state index < -0.39 is 10.4 Å². The number of nitrogens with two attached hydrogens (primary N) is 2. The molecule has 2 rings (SSSR count). The summed E-state index contributed by atoms with van der Waals surface area (Å²) in [6.07, 6.45) is 1.17. The van der Waals surface area contributed by atoms with Gasteiger partial charge in [-0.15, -0.1) is 8.42 Å². The lowest BCUT2D eigenvalue weighted by molar-refractivity contribution is 0.435. The number of rotatable bonds is 3. The zero-order valence-corrected chi connectivity index (χ0v) is 10.2. The van der Waals surface area contributed by atoms with Crippen molar-refractivity contribution in [2.45, 2.75) is 19.8 Å². The van der Waals surface area contributed by atoms with Gasteiger partial charge in [-0.05, 0) is 24.9 Å². The maximum atomic E-state index is 11.2. The minimum Gasteiger partial charge on any atom is -0.398 e. The fraction of sp³-hybridized carbons (Fsp3) is 0.400. The number of anilines is 1. The molecule has 0 spiro atoms. The maximum absolute atomic E-state index is 11.2. The third kappa shape index (κ3) is 2.03. The Labute approximate surface area is 99.8 Å². The van der Waals surface area contributed by atoms with E-state index in [1.165, 1.54) is 6.07 Å². The minimum atomic E-state index is -3.98. The van der Waals surface area contributed by atoms with Gasteiger partial charge in [0.1, 0.15) is 0 Å². The fourth-order valence-electron chi connectivity index (χ4n) is 1.96. The summed E-state index contributed by atoms with van der Waals surface area (Å²) in [5.74, 6) is 0.365. The van der Waals surface area contributed by atoms with Crippen molar-refractivity contribution < 1.29 is 16.8 Å². The summed E-state index contributed by atoms with van der Waals surface area (Å²) >= 11 is 0. The highest BCUT2D eigenvalue weighted by atomic mass is 32.3. The molecule has 17 heavy (non-hydrogen) atoms. The molecule has 0 fully saturated rings. The summed E-state index contributed by atoms with van der Waals surface area (Å²) in [5, 5.41) is 0. The van der Waals surface area contributed by atoms with Gasteiger partial charge >= 0.3 is 10.4 Å². The van der Waals surface area contributed by atoms with E-state index in [0.717, 1.165) is 5.56 Å². The van der Waals surface area contributed by atoms with Crippen LogP contribution in [0.1, 0.15) is 18.1 Å². The van der Waals surface area contributed by atoms with Crippen LogP contribution in [0.5, 0.6) is 11.5 Å². The normalized spacial score (nSPS) is 16.1. The van der Waals surface area contributed by atoms with Crippen LogP contribution in [-0.2, 0) is 23.2 Å². The Morgan fingerprint density at radius 1 is 1.29 bits per heavy atom. The first-order valence-corrected chi connectivity index (χ1v) is 6.60. The summed E-state index contributed by atoms with van der Waals surface area (Å²) in [6.45, 7) is 2.31. The zero-order valence-electron chi connectivity index (χ0n) is 9.39. The molecule has 0 radical (unpaired) electrons. The van der Waals surface area contributed by atoms with E-state index in [4.69, 9.17) is 19.8 Å². The second-order valence-electron chi connectivity index (χ2n) is 3.72. The maximum Gasteiger partial charge on any atom is 0.501 e. The second-order valence-corrected chi connectivity index (χ2v) is 4.87. The molecule has 1 aliphatic heterocycles. The number of hydrogen-bond donors (Lipinski definition) is 2. The van der Waals surface area contributed by atoms with Gasteiger partial charge in [0.25, 0.3) is 0 Å². The molecule has 1 aliphatic rings. The summed E-state index contributed by atoms with van der Waals surface area (Å²) < 4.78 is 32.0. The molecule has 0 amide bonds. The average Bonchev–Trinajstić information content (AvgIpc) is 2.53. The van der Waals surface area contributed by atoms with E-state index in [2.05, 4.69) is 0 Å². The van der Waals surface area contributed by atoms with E-state index >= 15 is 0 Å².